The van der Waals surface area contributed by atoms with E-state index in [4.69, 9.17) is 14.1 Å². The minimum Gasteiger partial charge on any atom is -0.452 e. The van der Waals surface area contributed by atoms with E-state index >= 15 is 0 Å². The van der Waals surface area contributed by atoms with Gasteiger partial charge in [0, 0.05) is 57.4 Å². The fraction of sp³-hybridized carbons (Fsp3) is 0. The number of rotatable bonds is 6. The number of nitrogens with zero attached hydrogens (tertiary/aromatic N) is 4. The van der Waals surface area contributed by atoms with Gasteiger partial charge < -0.3 is 13.7 Å². The molecule has 0 saturated heterocycles. The normalized spacial score (nSPS) is 11.5. The van der Waals surface area contributed by atoms with Crippen LogP contribution in [0.25, 0.3) is 49.4 Å². The average Bonchev–Trinajstić information content (AvgIpc) is 3.66. The van der Waals surface area contributed by atoms with Crippen molar-refractivity contribution in [3.05, 3.63) is 158 Å². The first kappa shape index (κ1) is 26.0. The van der Waals surface area contributed by atoms with Crippen LogP contribution in [0.4, 0.5) is 17.2 Å². The average molecular weight is 595 g/mol. The molecule has 4 aromatic heterocycles. The lowest BCUT2D eigenvalue weighted by Gasteiger charge is -2.24. The van der Waals surface area contributed by atoms with Crippen molar-refractivity contribution < 1.29 is 9.15 Å². The Labute approximate surface area is 264 Å². The third-order valence-corrected chi connectivity index (χ3v) is 8.35. The first-order valence-electron chi connectivity index (χ1n) is 15.2. The second-order valence-electron chi connectivity index (χ2n) is 11.1. The predicted molar refractivity (Wildman–Crippen MR) is 185 cm³/mol. The zero-order valence-electron chi connectivity index (χ0n) is 24.6. The van der Waals surface area contributed by atoms with E-state index in [1.165, 1.54) is 0 Å². The number of hydrogen-bond donors (Lipinski definition) is 0. The Hall–Kier alpha value is -6.40. The Kier molecular flexibility index (Phi) is 6.03. The highest BCUT2D eigenvalue weighted by atomic mass is 16.5. The molecule has 0 saturated carbocycles. The third kappa shape index (κ3) is 4.27. The molecule has 0 aliphatic rings. The summed E-state index contributed by atoms with van der Waals surface area (Å²) in [7, 11) is 0. The topological polar surface area (TPSA) is 56.3 Å². The standard InChI is InChI=1S/C40H26N4O2/c1-2-12-27(13-3-1)43(38-18-8-10-22-41-38)28-20-21-31-30-14-4-6-16-34(30)44(35(31)25-28)29-24-33-32-15-5-7-17-36(32)46-40(33)37(26-29)45-39-19-9-11-23-42-39/h1-26H. The summed E-state index contributed by atoms with van der Waals surface area (Å²) < 4.78 is 15.1. The molecule has 0 atom stereocenters. The van der Waals surface area contributed by atoms with Crippen molar-refractivity contribution in [2.24, 2.45) is 0 Å². The fourth-order valence-electron chi connectivity index (χ4n) is 6.36. The van der Waals surface area contributed by atoms with Crippen molar-refractivity contribution in [1.82, 2.24) is 14.5 Å². The van der Waals surface area contributed by atoms with Gasteiger partial charge in [0.05, 0.1) is 16.7 Å². The largest absolute Gasteiger partial charge is 0.452 e. The van der Waals surface area contributed by atoms with Crippen LogP contribution in [0.3, 0.4) is 0 Å². The second-order valence-corrected chi connectivity index (χ2v) is 11.1. The van der Waals surface area contributed by atoms with E-state index in [9.17, 15) is 0 Å². The molecule has 0 spiro atoms. The van der Waals surface area contributed by atoms with Gasteiger partial charge in [-0.05, 0) is 60.7 Å². The van der Waals surface area contributed by atoms with Gasteiger partial charge in [0.1, 0.15) is 11.4 Å². The maximum atomic E-state index is 6.43. The fourth-order valence-corrected chi connectivity index (χ4v) is 6.36. The molecular weight excluding hydrogens is 568 g/mol. The molecule has 4 heterocycles. The third-order valence-electron chi connectivity index (χ3n) is 8.35. The summed E-state index contributed by atoms with van der Waals surface area (Å²) in [5.41, 5.74) is 6.63. The molecule has 0 N–H and O–H groups in total. The molecule has 218 valence electrons. The lowest BCUT2D eigenvalue weighted by molar-refractivity contribution is 0.458. The van der Waals surface area contributed by atoms with E-state index in [1.54, 1.807) is 6.20 Å². The van der Waals surface area contributed by atoms with Crippen LogP contribution in [0.15, 0.2) is 162 Å². The Morgan fingerprint density at radius 3 is 2.11 bits per heavy atom. The summed E-state index contributed by atoms with van der Waals surface area (Å²) >= 11 is 0. The molecule has 9 aromatic rings. The Balaban J connectivity index is 1.33. The van der Waals surface area contributed by atoms with Gasteiger partial charge in [-0.1, -0.05) is 72.8 Å². The van der Waals surface area contributed by atoms with Gasteiger partial charge in [-0.15, -0.1) is 0 Å². The number of benzene rings is 5. The molecule has 0 bridgehead atoms. The molecule has 6 nitrogen and oxygen atoms in total. The first-order valence-corrected chi connectivity index (χ1v) is 15.2. The number of ether oxygens (including phenoxy) is 1. The molecule has 0 amide bonds. The summed E-state index contributed by atoms with van der Waals surface area (Å²) in [6.07, 6.45) is 3.55. The molecule has 0 radical (unpaired) electrons. The lowest BCUT2D eigenvalue weighted by atomic mass is 10.1. The van der Waals surface area contributed by atoms with Crippen LogP contribution in [-0.4, -0.2) is 14.5 Å². The number of anilines is 3. The Bertz CT molecular complexity index is 2470. The Morgan fingerprint density at radius 1 is 0.543 bits per heavy atom. The first-order chi connectivity index (χ1) is 22.8. The highest BCUT2D eigenvalue weighted by Crippen LogP contribution is 2.42. The van der Waals surface area contributed by atoms with Crippen molar-refractivity contribution in [2.45, 2.75) is 0 Å². The maximum absolute atomic E-state index is 6.43. The maximum Gasteiger partial charge on any atom is 0.219 e. The molecule has 0 unspecified atom stereocenters. The van der Waals surface area contributed by atoms with E-state index < -0.39 is 0 Å². The lowest BCUT2D eigenvalue weighted by Crippen LogP contribution is -2.11. The number of furan rings is 1. The molecule has 0 fully saturated rings. The summed E-state index contributed by atoms with van der Waals surface area (Å²) in [5, 5.41) is 4.31. The van der Waals surface area contributed by atoms with Gasteiger partial charge in [0.2, 0.25) is 5.88 Å². The number of hydrogen-bond acceptors (Lipinski definition) is 5. The second kappa shape index (κ2) is 10.6. The summed E-state index contributed by atoms with van der Waals surface area (Å²) in [6, 6.07) is 49.4. The van der Waals surface area contributed by atoms with Crippen LogP contribution in [0.1, 0.15) is 0 Å². The summed E-state index contributed by atoms with van der Waals surface area (Å²) in [5.74, 6) is 1.94. The highest BCUT2D eigenvalue weighted by Gasteiger charge is 2.21. The molecule has 5 aromatic carbocycles. The number of pyridine rings is 2. The van der Waals surface area contributed by atoms with Crippen LogP contribution >= 0.6 is 0 Å². The van der Waals surface area contributed by atoms with Crippen LogP contribution in [0, 0.1) is 0 Å². The predicted octanol–water partition coefficient (Wildman–Crippen LogP) is 10.7. The van der Waals surface area contributed by atoms with Crippen molar-refractivity contribution in [3.8, 4) is 17.3 Å². The van der Waals surface area contributed by atoms with Crippen LogP contribution in [0.2, 0.25) is 0 Å². The Morgan fingerprint density at radius 2 is 1.28 bits per heavy atom. The van der Waals surface area contributed by atoms with Crippen molar-refractivity contribution in [1.29, 1.82) is 0 Å². The van der Waals surface area contributed by atoms with Gasteiger partial charge in [0.25, 0.3) is 0 Å². The monoisotopic (exact) mass is 594 g/mol. The highest BCUT2D eigenvalue weighted by molar-refractivity contribution is 6.12. The van der Waals surface area contributed by atoms with Crippen molar-refractivity contribution in [3.63, 3.8) is 0 Å². The summed E-state index contributed by atoms with van der Waals surface area (Å²) in [6.45, 7) is 0. The van der Waals surface area contributed by atoms with Gasteiger partial charge in [-0.25, -0.2) is 9.97 Å². The van der Waals surface area contributed by atoms with E-state index in [1.807, 2.05) is 85.1 Å². The quantitative estimate of drug-likeness (QED) is 0.192. The molecule has 9 rings (SSSR count). The van der Waals surface area contributed by atoms with Crippen LogP contribution < -0.4 is 9.64 Å². The van der Waals surface area contributed by atoms with Gasteiger partial charge in [0.15, 0.2) is 11.3 Å². The van der Waals surface area contributed by atoms with Gasteiger partial charge in [-0.2, -0.15) is 0 Å². The number of fused-ring (bicyclic) bond motifs is 6. The van der Waals surface area contributed by atoms with E-state index in [0.717, 1.165) is 61.0 Å². The zero-order valence-corrected chi connectivity index (χ0v) is 24.6. The minimum atomic E-state index is 0.500. The minimum absolute atomic E-state index is 0.500. The van der Waals surface area contributed by atoms with Crippen molar-refractivity contribution in [2.75, 3.05) is 4.90 Å². The molecule has 0 aliphatic heterocycles. The van der Waals surface area contributed by atoms with Crippen molar-refractivity contribution >= 4 is 60.9 Å². The van der Waals surface area contributed by atoms with E-state index in [0.29, 0.717) is 17.2 Å². The number of para-hydroxylation sites is 3. The molecule has 46 heavy (non-hydrogen) atoms. The van der Waals surface area contributed by atoms with E-state index in [2.05, 4.69) is 81.2 Å². The van der Waals surface area contributed by atoms with Gasteiger partial charge >= 0.3 is 0 Å². The van der Waals surface area contributed by atoms with Crippen LogP contribution in [-0.2, 0) is 0 Å². The van der Waals surface area contributed by atoms with Gasteiger partial charge in [-0.3, -0.25) is 4.90 Å². The van der Waals surface area contributed by atoms with Crippen LogP contribution in [0.5, 0.6) is 11.6 Å². The number of aromatic nitrogens is 3. The molecule has 6 heteroatoms. The smallest absolute Gasteiger partial charge is 0.219 e. The van der Waals surface area contributed by atoms with E-state index in [-0.39, 0.29) is 0 Å². The zero-order chi connectivity index (χ0) is 30.5. The SMILES string of the molecule is c1ccc(N(c2ccc3c4ccccc4n(-c4cc(Oc5ccccn5)c5oc6ccccc6c5c4)c3c2)c2ccccn2)cc1. The molecule has 0 aliphatic carbocycles. The summed E-state index contributed by atoms with van der Waals surface area (Å²) in [4.78, 5) is 11.3. The molecular formula is C40H26N4O2.